The van der Waals surface area contributed by atoms with Gasteiger partial charge in [-0.3, -0.25) is 19.1 Å². The fourth-order valence-corrected chi connectivity index (χ4v) is 5.76. The van der Waals surface area contributed by atoms with Gasteiger partial charge in [-0.15, -0.1) is 0 Å². The summed E-state index contributed by atoms with van der Waals surface area (Å²) in [5.74, 6) is 1.27. The average Bonchev–Trinajstić information content (AvgIpc) is 3.32. The minimum absolute atomic E-state index is 0.129. The van der Waals surface area contributed by atoms with Gasteiger partial charge in [-0.2, -0.15) is 5.26 Å². The van der Waals surface area contributed by atoms with Crippen molar-refractivity contribution >= 4 is 46.1 Å². The van der Waals surface area contributed by atoms with E-state index in [1.165, 1.54) is 16.7 Å². The van der Waals surface area contributed by atoms with Gasteiger partial charge in [-0.05, 0) is 50.0 Å². The summed E-state index contributed by atoms with van der Waals surface area (Å²) < 4.78 is 7.59. The summed E-state index contributed by atoms with van der Waals surface area (Å²) in [4.78, 5) is 30.8. The molecule has 2 aromatic rings. The molecule has 34 heavy (non-hydrogen) atoms. The van der Waals surface area contributed by atoms with Gasteiger partial charge in [0.15, 0.2) is 0 Å². The lowest BCUT2D eigenvalue weighted by atomic mass is 10.0. The number of aromatic nitrogens is 1. The number of furan rings is 1. The SMILES string of the molecule is CCCn1c(N2CCCCCC2)c(/C=C2/SC(=S)N(Cc3ccco3)C2=O)c(C)c(C#N)c1=O. The van der Waals surface area contributed by atoms with Crippen molar-refractivity contribution in [2.24, 2.45) is 0 Å². The molecule has 2 saturated heterocycles. The van der Waals surface area contributed by atoms with Crippen LogP contribution in [0.2, 0.25) is 0 Å². The average molecular weight is 497 g/mol. The van der Waals surface area contributed by atoms with E-state index in [-0.39, 0.29) is 23.6 Å². The highest BCUT2D eigenvalue weighted by Gasteiger charge is 2.34. The highest BCUT2D eigenvalue weighted by Crippen LogP contribution is 2.37. The van der Waals surface area contributed by atoms with E-state index in [2.05, 4.69) is 11.0 Å². The van der Waals surface area contributed by atoms with Crippen molar-refractivity contribution in [2.75, 3.05) is 18.0 Å². The van der Waals surface area contributed by atoms with Crippen LogP contribution in [-0.4, -0.2) is 32.8 Å². The zero-order chi connectivity index (χ0) is 24.2. The molecule has 4 rings (SSSR count). The van der Waals surface area contributed by atoms with E-state index in [1.54, 1.807) is 23.8 Å². The van der Waals surface area contributed by atoms with Crippen LogP contribution in [0.5, 0.6) is 0 Å². The Balaban J connectivity index is 1.84. The lowest BCUT2D eigenvalue weighted by Crippen LogP contribution is -2.35. The largest absolute Gasteiger partial charge is 0.467 e. The van der Waals surface area contributed by atoms with Crippen molar-refractivity contribution in [2.45, 2.75) is 59.0 Å². The van der Waals surface area contributed by atoms with E-state index >= 15 is 0 Å². The third kappa shape index (κ3) is 4.70. The molecule has 2 aromatic heterocycles. The molecule has 2 fully saturated rings. The summed E-state index contributed by atoms with van der Waals surface area (Å²) in [6, 6.07) is 5.69. The molecule has 4 heterocycles. The van der Waals surface area contributed by atoms with Crippen molar-refractivity contribution < 1.29 is 9.21 Å². The Labute approximate surface area is 209 Å². The molecule has 0 spiro atoms. The molecule has 9 heteroatoms. The Hall–Kier alpha value is -2.83. The van der Waals surface area contributed by atoms with Crippen LogP contribution in [0.1, 0.15) is 61.5 Å². The lowest BCUT2D eigenvalue weighted by Gasteiger charge is -2.29. The minimum Gasteiger partial charge on any atom is -0.467 e. The maximum Gasteiger partial charge on any atom is 0.270 e. The van der Waals surface area contributed by atoms with Crippen LogP contribution in [0.3, 0.4) is 0 Å². The predicted molar refractivity (Wildman–Crippen MR) is 139 cm³/mol. The van der Waals surface area contributed by atoms with E-state index in [0.717, 1.165) is 56.6 Å². The Morgan fingerprint density at radius 3 is 2.59 bits per heavy atom. The van der Waals surface area contributed by atoms with Crippen molar-refractivity contribution in [3.05, 3.63) is 56.1 Å². The minimum atomic E-state index is -0.261. The fourth-order valence-electron chi connectivity index (χ4n) is 4.52. The van der Waals surface area contributed by atoms with Gasteiger partial charge in [0.1, 0.15) is 27.5 Å². The highest BCUT2D eigenvalue weighted by atomic mass is 32.2. The van der Waals surface area contributed by atoms with Gasteiger partial charge < -0.3 is 9.32 Å². The fraction of sp³-hybridized carbons (Fsp3) is 0.440. The number of amides is 1. The number of anilines is 1. The van der Waals surface area contributed by atoms with Crippen molar-refractivity contribution in [3.8, 4) is 6.07 Å². The molecule has 0 N–H and O–H groups in total. The third-order valence-electron chi connectivity index (χ3n) is 6.24. The van der Waals surface area contributed by atoms with Gasteiger partial charge in [0, 0.05) is 25.2 Å². The molecule has 0 atom stereocenters. The molecular formula is C25H28N4O3S2. The van der Waals surface area contributed by atoms with E-state index in [0.29, 0.717) is 27.1 Å². The number of nitriles is 1. The molecular weight excluding hydrogens is 468 g/mol. The van der Waals surface area contributed by atoms with E-state index in [1.807, 2.05) is 19.1 Å². The summed E-state index contributed by atoms with van der Waals surface area (Å²) in [5, 5.41) is 9.79. The van der Waals surface area contributed by atoms with E-state index in [9.17, 15) is 14.9 Å². The topological polar surface area (TPSA) is 82.5 Å². The van der Waals surface area contributed by atoms with Crippen LogP contribution < -0.4 is 10.5 Å². The summed E-state index contributed by atoms with van der Waals surface area (Å²) >= 11 is 6.74. The molecule has 7 nitrogen and oxygen atoms in total. The molecule has 2 aliphatic heterocycles. The number of carbonyl (C=O) groups excluding carboxylic acids is 1. The molecule has 178 valence electrons. The van der Waals surface area contributed by atoms with Gasteiger partial charge in [0.2, 0.25) is 0 Å². The molecule has 0 unspecified atom stereocenters. The smallest absolute Gasteiger partial charge is 0.270 e. The van der Waals surface area contributed by atoms with Crippen LogP contribution in [0, 0.1) is 18.3 Å². The van der Waals surface area contributed by atoms with Gasteiger partial charge in [0.05, 0.1) is 17.7 Å². The molecule has 2 aliphatic rings. The predicted octanol–water partition coefficient (Wildman–Crippen LogP) is 4.81. The maximum atomic E-state index is 13.3. The first-order chi connectivity index (χ1) is 16.5. The Morgan fingerprint density at radius 2 is 1.97 bits per heavy atom. The van der Waals surface area contributed by atoms with Gasteiger partial charge in [-0.25, -0.2) is 0 Å². The van der Waals surface area contributed by atoms with Crippen LogP contribution in [0.15, 0.2) is 32.5 Å². The van der Waals surface area contributed by atoms with Gasteiger partial charge in [-0.1, -0.05) is 43.7 Å². The zero-order valence-corrected chi connectivity index (χ0v) is 21.1. The number of rotatable bonds is 6. The molecule has 1 amide bonds. The molecule has 0 bridgehead atoms. The van der Waals surface area contributed by atoms with Crippen molar-refractivity contribution in [1.29, 1.82) is 5.26 Å². The van der Waals surface area contributed by atoms with Crippen LogP contribution >= 0.6 is 24.0 Å². The Kier molecular flexibility index (Phi) is 7.59. The number of carbonyl (C=O) groups is 1. The maximum absolute atomic E-state index is 13.3. The standard InChI is InChI=1S/C25H28N4O3S2/c1-3-10-28-22(27-11-6-4-5-7-12-27)19(17(2)20(15-26)23(28)30)14-21-24(31)29(25(33)34-21)16-18-9-8-13-32-18/h8-9,13-14H,3-7,10-12,16H2,1-2H3/b21-14+. The summed E-state index contributed by atoms with van der Waals surface area (Å²) in [6.07, 6.45) is 8.56. The van der Waals surface area contributed by atoms with Gasteiger partial charge >= 0.3 is 0 Å². The van der Waals surface area contributed by atoms with E-state index in [4.69, 9.17) is 16.6 Å². The second-order valence-electron chi connectivity index (χ2n) is 8.55. The second-order valence-corrected chi connectivity index (χ2v) is 10.2. The van der Waals surface area contributed by atoms with Crippen molar-refractivity contribution in [1.82, 2.24) is 9.47 Å². The van der Waals surface area contributed by atoms with Gasteiger partial charge in [0.25, 0.3) is 11.5 Å². The number of pyridine rings is 1. The Bertz CT molecular complexity index is 1220. The summed E-state index contributed by atoms with van der Waals surface area (Å²) in [5.41, 5.74) is 1.23. The number of hydrogen-bond donors (Lipinski definition) is 0. The first-order valence-corrected chi connectivity index (χ1v) is 12.9. The van der Waals surface area contributed by atoms with Crippen LogP contribution in [0.4, 0.5) is 5.82 Å². The molecule has 0 aliphatic carbocycles. The van der Waals surface area contributed by atoms with E-state index < -0.39 is 0 Å². The van der Waals surface area contributed by atoms with Crippen molar-refractivity contribution in [3.63, 3.8) is 0 Å². The lowest BCUT2D eigenvalue weighted by molar-refractivity contribution is -0.122. The number of thioether (sulfide) groups is 1. The Morgan fingerprint density at radius 1 is 1.24 bits per heavy atom. The second kappa shape index (κ2) is 10.6. The van der Waals surface area contributed by atoms with Crippen LogP contribution in [0.25, 0.3) is 6.08 Å². The molecule has 0 saturated carbocycles. The summed E-state index contributed by atoms with van der Waals surface area (Å²) in [6.45, 7) is 6.28. The molecule has 0 radical (unpaired) electrons. The van der Waals surface area contributed by atoms with Crippen LogP contribution in [-0.2, 0) is 17.9 Å². The first-order valence-electron chi connectivity index (χ1n) is 11.7. The third-order valence-corrected chi connectivity index (χ3v) is 7.62. The number of nitrogens with zero attached hydrogens (tertiary/aromatic N) is 4. The molecule has 0 aromatic carbocycles. The first kappa shape index (κ1) is 24.3. The summed E-state index contributed by atoms with van der Waals surface area (Å²) in [7, 11) is 0. The quantitative estimate of drug-likeness (QED) is 0.419. The zero-order valence-electron chi connectivity index (χ0n) is 19.5. The normalized spacial score (nSPS) is 18.0. The number of hydrogen-bond acceptors (Lipinski definition) is 7. The monoisotopic (exact) mass is 496 g/mol. The number of thiocarbonyl (C=S) groups is 1. The highest BCUT2D eigenvalue weighted by molar-refractivity contribution is 8.26.